The number of carboxylic acids is 1. The van der Waals surface area contributed by atoms with Gasteiger partial charge in [-0.1, -0.05) is 48.5 Å². The predicted octanol–water partition coefficient (Wildman–Crippen LogP) is 2.58. The van der Waals surface area contributed by atoms with Crippen molar-refractivity contribution in [1.82, 2.24) is 0 Å². The standard InChI is InChI=1S/C23H22N4O5S/c24-23(25)16-8-6-15(7-9-16)12-21(28)26-20-14-18(11-10-17(20)13-22(29)30)27-33(31,32)19-4-2-1-3-5-19/h1-11,14,27H,12-13H2,(H3,24,25)(H,26,28)(H,29,30). The van der Waals surface area contributed by atoms with E-state index in [1.165, 1.54) is 30.3 Å². The minimum Gasteiger partial charge on any atom is -0.481 e. The average molecular weight is 467 g/mol. The van der Waals surface area contributed by atoms with Crippen molar-refractivity contribution >= 4 is 39.1 Å². The van der Waals surface area contributed by atoms with E-state index in [2.05, 4.69) is 10.0 Å². The first-order chi connectivity index (χ1) is 15.6. The molecule has 3 aromatic rings. The van der Waals surface area contributed by atoms with Crippen molar-refractivity contribution in [2.45, 2.75) is 17.7 Å². The molecule has 0 unspecified atom stereocenters. The molecule has 0 aromatic heterocycles. The number of rotatable bonds is 9. The van der Waals surface area contributed by atoms with Crippen LogP contribution < -0.4 is 15.8 Å². The Kier molecular flexibility index (Phi) is 7.09. The first kappa shape index (κ1) is 23.5. The number of carboxylic acid groups (broad SMARTS) is 1. The molecule has 3 aromatic carbocycles. The molecule has 0 aliphatic heterocycles. The molecule has 0 bridgehead atoms. The molecule has 0 saturated carbocycles. The summed E-state index contributed by atoms with van der Waals surface area (Å²) < 4.78 is 27.6. The highest BCUT2D eigenvalue weighted by atomic mass is 32.2. The van der Waals surface area contributed by atoms with E-state index in [1.807, 2.05) is 0 Å². The van der Waals surface area contributed by atoms with Gasteiger partial charge >= 0.3 is 5.97 Å². The Labute approximate surface area is 190 Å². The van der Waals surface area contributed by atoms with E-state index in [9.17, 15) is 23.1 Å². The maximum absolute atomic E-state index is 12.6. The summed E-state index contributed by atoms with van der Waals surface area (Å²) in [7, 11) is -3.86. The molecule has 6 N–H and O–H groups in total. The number of carbonyl (C=O) groups is 2. The number of anilines is 2. The monoisotopic (exact) mass is 466 g/mol. The second-order valence-electron chi connectivity index (χ2n) is 7.20. The van der Waals surface area contributed by atoms with E-state index in [0.29, 0.717) is 16.7 Å². The largest absolute Gasteiger partial charge is 0.481 e. The number of hydrogen-bond donors (Lipinski definition) is 5. The number of carbonyl (C=O) groups excluding carboxylic acids is 1. The van der Waals surface area contributed by atoms with Crippen molar-refractivity contribution in [3.63, 3.8) is 0 Å². The average Bonchev–Trinajstić information content (AvgIpc) is 2.76. The zero-order chi connectivity index (χ0) is 24.0. The van der Waals surface area contributed by atoms with Crippen LogP contribution in [0.4, 0.5) is 11.4 Å². The van der Waals surface area contributed by atoms with Crippen molar-refractivity contribution in [1.29, 1.82) is 5.41 Å². The lowest BCUT2D eigenvalue weighted by Gasteiger charge is -2.14. The van der Waals surface area contributed by atoms with Gasteiger partial charge in [0.25, 0.3) is 10.0 Å². The van der Waals surface area contributed by atoms with Gasteiger partial charge < -0.3 is 16.2 Å². The lowest BCUT2D eigenvalue weighted by atomic mass is 10.1. The van der Waals surface area contributed by atoms with Crippen molar-refractivity contribution in [2.75, 3.05) is 10.0 Å². The van der Waals surface area contributed by atoms with Crippen molar-refractivity contribution in [3.8, 4) is 0 Å². The molecular formula is C23H22N4O5S. The molecule has 1 amide bonds. The molecule has 0 aliphatic rings. The Bertz CT molecular complexity index is 1290. The number of hydrogen-bond acceptors (Lipinski definition) is 5. The van der Waals surface area contributed by atoms with Gasteiger partial charge in [0.2, 0.25) is 5.91 Å². The van der Waals surface area contributed by atoms with E-state index < -0.39 is 21.9 Å². The zero-order valence-corrected chi connectivity index (χ0v) is 18.2. The van der Waals surface area contributed by atoms with E-state index in [-0.39, 0.29) is 34.9 Å². The van der Waals surface area contributed by atoms with Crippen molar-refractivity contribution < 1.29 is 23.1 Å². The van der Waals surface area contributed by atoms with Crippen LogP contribution in [0.2, 0.25) is 0 Å². The summed E-state index contributed by atoms with van der Waals surface area (Å²) in [4.78, 5) is 23.9. The number of amides is 1. The second kappa shape index (κ2) is 9.96. The molecule has 0 radical (unpaired) electrons. The third-order valence-electron chi connectivity index (χ3n) is 4.66. The topological polar surface area (TPSA) is 162 Å². The molecule has 0 saturated heterocycles. The predicted molar refractivity (Wildman–Crippen MR) is 125 cm³/mol. The lowest BCUT2D eigenvalue weighted by molar-refractivity contribution is -0.136. The van der Waals surface area contributed by atoms with Crippen LogP contribution >= 0.6 is 0 Å². The first-order valence-corrected chi connectivity index (χ1v) is 11.3. The first-order valence-electron chi connectivity index (χ1n) is 9.80. The number of nitrogens with one attached hydrogen (secondary N) is 3. The fourth-order valence-corrected chi connectivity index (χ4v) is 4.14. The summed E-state index contributed by atoms with van der Waals surface area (Å²) in [5.41, 5.74) is 7.31. The quantitative estimate of drug-likeness (QED) is 0.240. The third kappa shape index (κ3) is 6.40. The summed E-state index contributed by atoms with van der Waals surface area (Å²) in [5, 5.41) is 19.3. The number of aliphatic carboxylic acids is 1. The minimum absolute atomic E-state index is 0.00926. The van der Waals surface area contributed by atoms with Crippen molar-refractivity contribution in [2.24, 2.45) is 5.73 Å². The smallest absolute Gasteiger partial charge is 0.307 e. The highest BCUT2D eigenvalue weighted by Gasteiger charge is 2.16. The molecule has 0 spiro atoms. The zero-order valence-electron chi connectivity index (χ0n) is 17.4. The van der Waals surface area contributed by atoms with Gasteiger partial charge in [-0.3, -0.25) is 19.7 Å². The fraction of sp³-hybridized carbons (Fsp3) is 0.0870. The van der Waals surface area contributed by atoms with Crippen LogP contribution in [0.5, 0.6) is 0 Å². The minimum atomic E-state index is -3.86. The second-order valence-corrected chi connectivity index (χ2v) is 8.88. The third-order valence-corrected chi connectivity index (χ3v) is 6.06. The Morgan fingerprint density at radius 2 is 1.61 bits per heavy atom. The number of sulfonamides is 1. The Balaban J connectivity index is 1.81. The molecule has 0 aliphatic carbocycles. The van der Waals surface area contributed by atoms with E-state index in [4.69, 9.17) is 11.1 Å². The van der Waals surface area contributed by atoms with E-state index in [1.54, 1.807) is 42.5 Å². The van der Waals surface area contributed by atoms with Crippen LogP contribution in [0, 0.1) is 5.41 Å². The molecule has 9 nitrogen and oxygen atoms in total. The highest BCUT2D eigenvalue weighted by Crippen LogP contribution is 2.24. The Hall–Kier alpha value is -4.18. The van der Waals surface area contributed by atoms with E-state index >= 15 is 0 Å². The van der Waals surface area contributed by atoms with Crippen LogP contribution in [0.25, 0.3) is 0 Å². The Morgan fingerprint density at radius 3 is 2.21 bits per heavy atom. The number of nitrogen functional groups attached to an aromatic ring is 1. The van der Waals surface area contributed by atoms with Gasteiger partial charge in [0.1, 0.15) is 5.84 Å². The van der Waals surface area contributed by atoms with Crippen LogP contribution in [-0.4, -0.2) is 31.2 Å². The van der Waals surface area contributed by atoms with Crippen molar-refractivity contribution in [3.05, 3.63) is 89.5 Å². The van der Waals surface area contributed by atoms with Gasteiger partial charge in [0, 0.05) is 11.3 Å². The SMILES string of the molecule is N=C(N)c1ccc(CC(=O)Nc2cc(NS(=O)(=O)c3ccccc3)ccc2CC(=O)O)cc1. The number of amidine groups is 1. The maximum atomic E-state index is 12.6. The van der Waals surface area contributed by atoms with Gasteiger partial charge in [-0.05, 0) is 35.4 Å². The summed E-state index contributed by atoms with van der Waals surface area (Å²) >= 11 is 0. The Morgan fingerprint density at radius 1 is 0.939 bits per heavy atom. The number of benzene rings is 3. The van der Waals surface area contributed by atoms with E-state index in [0.717, 1.165) is 0 Å². The molecule has 170 valence electrons. The summed E-state index contributed by atoms with van der Waals surface area (Å²) in [6, 6.07) is 18.6. The van der Waals surface area contributed by atoms with Gasteiger partial charge in [-0.25, -0.2) is 8.42 Å². The summed E-state index contributed by atoms with van der Waals surface area (Å²) in [6.07, 6.45) is -0.362. The molecule has 0 atom stereocenters. The molecule has 33 heavy (non-hydrogen) atoms. The molecule has 0 heterocycles. The van der Waals surface area contributed by atoms with Gasteiger partial charge in [-0.2, -0.15) is 0 Å². The summed E-state index contributed by atoms with van der Waals surface area (Å²) in [5.74, 6) is -1.60. The molecule has 0 fully saturated rings. The van der Waals surface area contributed by atoms with Crippen LogP contribution in [-0.2, 0) is 32.5 Å². The molecule has 3 rings (SSSR count). The highest BCUT2D eigenvalue weighted by molar-refractivity contribution is 7.92. The summed E-state index contributed by atoms with van der Waals surface area (Å²) in [6.45, 7) is 0. The molecule has 10 heteroatoms. The lowest BCUT2D eigenvalue weighted by Crippen LogP contribution is -2.18. The van der Waals surface area contributed by atoms with Crippen LogP contribution in [0.1, 0.15) is 16.7 Å². The van der Waals surface area contributed by atoms with Crippen LogP contribution in [0.15, 0.2) is 77.7 Å². The van der Waals surface area contributed by atoms with Gasteiger partial charge in [-0.15, -0.1) is 0 Å². The maximum Gasteiger partial charge on any atom is 0.307 e. The van der Waals surface area contributed by atoms with Gasteiger partial charge in [0.15, 0.2) is 0 Å². The number of nitrogens with two attached hydrogens (primary N) is 1. The van der Waals surface area contributed by atoms with Crippen LogP contribution in [0.3, 0.4) is 0 Å². The van der Waals surface area contributed by atoms with Gasteiger partial charge in [0.05, 0.1) is 23.4 Å². The normalized spacial score (nSPS) is 10.9. The molecular weight excluding hydrogens is 444 g/mol. The fourth-order valence-electron chi connectivity index (χ4n) is 3.07.